The van der Waals surface area contributed by atoms with Crippen molar-refractivity contribution in [3.63, 3.8) is 0 Å². The molecule has 0 saturated heterocycles. The molecule has 0 atom stereocenters. The van der Waals surface area contributed by atoms with Crippen LogP contribution in [0.4, 0.5) is 11.4 Å². The van der Waals surface area contributed by atoms with Gasteiger partial charge in [0.2, 0.25) is 5.88 Å². The average Bonchev–Trinajstić information content (AvgIpc) is 2.62. The highest BCUT2D eigenvalue weighted by Crippen LogP contribution is 2.44. The number of aromatic nitrogens is 1. The molecular weight excluding hydrogens is 364 g/mol. The smallest absolute Gasteiger partial charge is 0.336 e. The number of nitrogens with zero attached hydrogens (tertiary/aromatic N) is 2. The summed E-state index contributed by atoms with van der Waals surface area (Å²) >= 11 is 6.47. The van der Waals surface area contributed by atoms with E-state index in [4.69, 9.17) is 21.1 Å². The Morgan fingerprint density at radius 1 is 1.26 bits per heavy atom. The highest BCUT2D eigenvalue weighted by Gasteiger charge is 2.31. The van der Waals surface area contributed by atoms with Crippen molar-refractivity contribution in [3.05, 3.63) is 58.4 Å². The average molecular weight is 387 g/mol. The number of carbonyl (C=O) groups excluding carboxylic acids is 1. The van der Waals surface area contributed by atoms with Crippen LogP contribution in [0.5, 0.6) is 5.88 Å². The Morgan fingerprint density at radius 3 is 2.67 bits per heavy atom. The van der Waals surface area contributed by atoms with Gasteiger partial charge in [-0.15, -0.1) is 0 Å². The van der Waals surface area contributed by atoms with Crippen LogP contribution >= 0.6 is 11.6 Å². The van der Waals surface area contributed by atoms with E-state index in [1.807, 2.05) is 56.0 Å². The minimum absolute atomic E-state index is 0.0317. The number of pyridine rings is 1. The van der Waals surface area contributed by atoms with Gasteiger partial charge in [0, 0.05) is 23.9 Å². The Hall–Kier alpha value is -2.53. The first-order valence-corrected chi connectivity index (χ1v) is 9.37. The fourth-order valence-corrected chi connectivity index (χ4v) is 3.39. The van der Waals surface area contributed by atoms with Gasteiger partial charge in [-0.3, -0.25) is 0 Å². The number of carbonyl (C=O) groups is 1. The molecule has 1 aromatic carbocycles. The second kappa shape index (κ2) is 8.01. The molecule has 0 saturated carbocycles. The number of fused-ring (bicyclic) bond motifs is 1. The van der Waals surface area contributed by atoms with Crippen LogP contribution in [0.3, 0.4) is 0 Å². The van der Waals surface area contributed by atoms with E-state index in [0.717, 1.165) is 22.6 Å². The van der Waals surface area contributed by atoms with Crippen LogP contribution in [0, 0.1) is 0 Å². The Morgan fingerprint density at radius 2 is 2.00 bits per heavy atom. The number of rotatable bonds is 5. The third-order valence-corrected chi connectivity index (χ3v) is 4.64. The summed E-state index contributed by atoms with van der Waals surface area (Å²) in [5.41, 5.74) is 3.90. The Kier molecular flexibility index (Phi) is 5.71. The van der Waals surface area contributed by atoms with Gasteiger partial charge in [0.25, 0.3) is 0 Å². The number of hydrogen-bond donors (Lipinski definition) is 0. The number of hydrogen-bond acceptors (Lipinski definition) is 5. The molecule has 2 aromatic rings. The first-order chi connectivity index (χ1) is 12.9. The van der Waals surface area contributed by atoms with E-state index in [1.54, 1.807) is 13.1 Å². The molecular formula is C21H23ClN2O3. The standard InChI is InChI=1S/C21H23ClN2O3/c1-5-26-21(25)15-12-16-18(10-11-23-20(16)27-13(2)3)24(14(15)4)19-9-7-6-8-17(19)22/h6-11,13H,5,12H2,1-4H3. The summed E-state index contributed by atoms with van der Waals surface area (Å²) in [5.74, 6) is 0.186. The Bertz CT molecular complexity index is 893. The van der Waals surface area contributed by atoms with E-state index in [9.17, 15) is 4.79 Å². The van der Waals surface area contributed by atoms with Gasteiger partial charge in [-0.2, -0.15) is 0 Å². The first-order valence-electron chi connectivity index (χ1n) is 9.00. The van der Waals surface area contributed by atoms with Crippen molar-refractivity contribution in [1.82, 2.24) is 4.98 Å². The number of esters is 1. The minimum atomic E-state index is -0.336. The molecule has 0 bridgehead atoms. The predicted molar refractivity (Wildman–Crippen MR) is 107 cm³/mol. The second-order valence-electron chi connectivity index (χ2n) is 6.53. The maximum atomic E-state index is 12.6. The van der Waals surface area contributed by atoms with E-state index in [2.05, 4.69) is 4.98 Å². The minimum Gasteiger partial charge on any atom is -0.475 e. The van der Waals surface area contributed by atoms with Crippen molar-refractivity contribution in [2.75, 3.05) is 11.5 Å². The van der Waals surface area contributed by atoms with Gasteiger partial charge in [-0.05, 0) is 45.9 Å². The molecule has 142 valence electrons. The first kappa shape index (κ1) is 19.2. The zero-order valence-electron chi connectivity index (χ0n) is 16.0. The van der Waals surface area contributed by atoms with Crippen LogP contribution in [-0.4, -0.2) is 23.7 Å². The van der Waals surface area contributed by atoms with Crippen molar-refractivity contribution in [1.29, 1.82) is 0 Å². The summed E-state index contributed by atoms with van der Waals surface area (Å²) in [5, 5.41) is 0.594. The number of allylic oxidation sites excluding steroid dienone is 1. The molecule has 3 rings (SSSR count). The lowest BCUT2D eigenvalue weighted by atomic mass is 9.96. The fraction of sp³-hybridized carbons (Fsp3) is 0.333. The van der Waals surface area contributed by atoms with Gasteiger partial charge in [-0.1, -0.05) is 23.7 Å². The number of anilines is 2. The van der Waals surface area contributed by atoms with Crippen LogP contribution in [-0.2, 0) is 16.0 Å². The van der Waals surface area contributed by atoms with E-state index in [1.165, 1.54) is 0 Å². The van der Waals surface area contributed by atoms with Crippen molar-refractivity contribution >= 4 is 28.9 Å². The lowest BCUT2D eigenvalue weighted by Gasteiger charge is -2.34. The number of para-hydroxylation sites is 1. The molecule has 5 nitrogen and oxygen atoms in total. The summed E-state index contributed by atoms with van der Waals surface area (Å²) in [6.45, 7) is 7.91. The quantitative estimate of drug-likeness (QED) is 0.673. The van der Waals surface area contributed by atoms with Gasteiger partial charge >= 0.3 is 5.97 Å². The van der Waals surface area contributed by atoms with E-state index in [-0.39, 0.29) is 12.1 Å². The molecule has 1 aliphatic heterocycles. The van der Waals surface area contributed by atoms with Crippen LogP contribution < -0.4 is 9.64 Å². The molecule has 27 heavy (non-hydrogen) atoms. The fourth-order valence-electron chi connectivity index (χ4n) is 3.17. The lowest BCUT2D eigenvalue weighted by Crippen LogP contribution is -2.27. The van der Waals surface area contributed by atoms with Gasteiger partial charge in [0.1, 0.15) is 0 Å². The zero-order chi connectivity index (χ0) is 19.6. The predicted octanol–water partition coefficient (Wildman–Crippen LogP) is 5.05. The number of ether oxygens (including phenoxy) is 2. The van der Waals surface area contributed by atoms with Gasteiger partial charge in [0.05, 0.1) is 34.7 Å². The molecule has 6 heteroatoms. The third-order valence-electron chi connectivity index (χ3n) is 4.32. The summed E-state index contributed by atoms with van der Waals surface area (Å²) in [6, 6.07) is 9.46. The summed E-state index contributed by atoms with van der Waals surface area (Å²) < 4.78 is 11.2. The molecule has 2 heterocycles. The van der Waals surface area contributed by atoms with Crippen LogP contribution in [0.1, 0.15) is 33.3 Å². The number of benzene rings is 1. The maximum absolute atomic E-state index is 12.6. The van der Waals surface area contributed by atoms with Gasteiger partial charge < -0.3 is 14.4 Å². The summed E-state index contributed by atoms with van der Waals surface area (Å²) in [6.07, 6.45) is 2.08. The van der Waals surface area contributed by atoms with E-state index in [0.29, 0.717) is 29.5 Å². The highest BCUT2D eigenvalue weighted by atomic mass is 35.5. The molecule has 0 aliphatic carbocycles. The monoisotopic (exact) mass is 386 g/mol. The van der Waals surface area contributed by atoms with Crippen molar-refractivity contribution in [2.45, 2.75) is 40.2 Å². The SMILES string of the molecule is CCOC(=O)C1=C(C)N(c2ccccc2Cl)c2ccnc(OC(C)C)c2C1. The van der Waals surface area contributed by atoms with Crippen LogP contribution in [0.15, 0.2) is 47.8 Å². The molecule has 1 aliphatic rings. The zero-order valence-corrected chi connectivity index (χ0v) is 16.7. The van der Waals surface area contributed by atoms with Crippen molar-refractivity contribution in [3.8, 4) is 5.88 Å². The molecule has 0 radical (unpaired) electrons. The molecule has 1 aromatic heterocycles. The normalized spacial score (nSPS) is 13.6. The molecule has 0 fully saturated rings. The van der Waals surface area contributed by atoms with Crippen LogP contribution in [0.2, 0.25) is 5.02 Å². The van der Waals surface area contributed by atoms with E-state index >= 15 is 0 Å². The molecule has 0 unspecified atom stereocenters. The topological polar surface area (TPSA) is 51.7 Å². The largest absolute Gasteiger partial charge is 0.475 e. The highest BCUT2D eigenvalue weighted by molar-refractivity contribution is 6.33. The molecule has 0 amide bonds. The van der Waals surface area contributed by atoms with Gasteiger partial charge in [0.15, 0.2) is 0 Å². The van der Waals surface area contributed by atoms with E-state index < -0.39 is 0 Å². The van der Waals surface area contributed by atoms with Crippen molar-refractivity contribution < 1.29 is 14.3 Å². The van der Waals surface area contributed by atoms with Crippen molar-refractivity contribution in [2.24, 2.45) is 0 Å². The Labute approximate surface area is 164 Å². The summed E-state index contributed by atoms with van der Waals surface area (Å²) in [4.78, 5) is 19.0. The van der Waals surface area contributed by atoms with Crippen LogP contribution in [0.25, 0.3) is 0 Å². The summed E-state index contributed by atoms with van der Waals surface area (Å²) in [7, 11) is 0. The third kappa shape index (κ3) is 3.78. The van der Waals surface area contributed by atoms with Gasteiger partial charge in [-0.25, -0.2) is 9.78 Å². The maximum Gasteiger partial charge on any atom is 0.336 e. The lowest BCUT2D eigenvalue weighted by molar-refractivity contribution is -0.138. The Balaban J connectivity index is 2.21. The number of halogens is 1. The molecule has 0 N–H and O–H groups in total. The second-order valence-corrected chi connectivity index (χ2v) is 6.94. The molecule has 0 spiro atoms.